The van der Waals surface area contributed by atoms with E-state index in [4.69, 9.17) is 23.2 Å². The van der Waals surface area contributed by atoms with Crippen LogP contribution in [0, 0.1) is 5.92 Å². The molecule has 1 fully saturated rings. The highest BCUT2D eigenvalue weighted by atomic mass is 35.5. The van der Waals surface area contributed by atoms with E-state index in [1.54, 1.807) is 36.4 Å². The summed E-state index contributed by atoms with van der Waals surface area (Å²) in [6.45, 7) is 0. The van der Waals surface area contributed by atoms with E-state index in [1.807, 2.05) is 0 Å². The van der Waals surface area contributed by atoms with Gasteiger partial charge in [-0.05, 0) is 43.2 Å². The normalized spacial score (nSPS) is 14.7. The van der Waals surface area contributed by atoms with Crippen molar-refractivity contribution in [3.8, 4) is 0 Å². The second-order valence-electron chi connectivity index (χ2n) is 7.08. The monoisotopic (exact) mass is 447 g/mol. The van der Waals surface area contributed by atoms with Gasteiger partial charge in [-0.1, -0.05) is 59.9 Å². The minimum Gasteiger partial charge on any atom is -0.319 e. The molecule has 1 saturated carbocycles. The molecule has 4 rings (SSSR count). The molecule has 0 saturated heterocycles. The van der Waals surface area contributed by atoms with Crippen LogP contribution in [0.3, 0.4) is 0 Å². The van der Waals surface area contributed by atoms with Crippen LogP contribution < -0.4 is 10.6 Å². The molecule has 2 aromatic carbocycles. The van der Waals surface area contributed by atoms with Crippen LogP contribution >= 0.6 is 34.5 Å². The van der Waals surface area contributed by atoms with E-state index < -0.39 is 0 Å². The van der Waals surface area contributed by atoms with E-state index in [9.17, 15) is 9.59 Å². The number of benzene rings is 2. The van der Waals surface area contributed by atoms with Gasteiger partial charge in [0.2, 0.25) is 5.91 Å². The van der Waals surface area contributed by atoms with Gasteiger partial charge < -0.3 is 10.6 Å². The molecule has 0 unspecified atom stereocenters. The highest BCUT2D eigenvalue weighted by Gasteiger charge is 2.22. The van der Waals surface area contributed by atoms with Gasteiger partial charge in [-0.3, -0.25) is 9.59 Å². The summed E-state index contributed by atoms with van der Waals surface area (Å²) in [7, 11) is 0. The first-order valence-electron chi connectivity index (χ1n) is 9.48. The highest BCUT2D eigenvalue weighted by molar-refractivity contribution is 7.22. The maximum absolute atomic E-state index is 12.6. The van der Waals surface area contributed by atoms with E-state index in [-0.39, 0.29) is 17.7 Å². The zero-order valence-corrected chi connectivity index (χ0v) is 17.8. The van der Waals surface area contributed by atoms with Crippen LogP contribution in [0.15, 0.2) is 36.4 Å². The smallest absolute Gasteiger partial charge is 0.255 e. The zero-order valence-electron chi connectivity index (χ0n) is 15.5. The predicted octanol–water partition coefficient (Wildman–Crippen LogP) is 6.37. The van der Waals surface area contributed by atoms with E-state index in [0.717, 1.165) is 35.9 Å². The third kappa shape index (κ3) is 4.55. The minimum atomic E-state index is -0.317. The number of fused-ring (bicyclic) bond motifs is 1. The van der Waals surface area contributed by atoms with E-state index in [0.29, 0.717) is 26.4 Å². The molecule has 2 N–H and O–H groups in total. The number of hydrogen-bond acceptors (Lipinski definition) is 4. The number of para-hydroxylation sites is 1. The summed E-state index contributed by atoms with van der Waals surface area (Å²) in [6.07, 6.45) is 5.28. The van der Waals surface area contributed by atoms with Crippen molar-refractivity contribution < 1.29 is 9.59 Å². The third-order valence-corrected chi connectivity index (χ3v) is 6.62. The molecule has 1 aromatic heterocycles. The van der Waals surface area contributed by atoms with Crippen molar-refractivity contribution in [1.29, 1.82) is 0 Å². The minimum absolute atomic E-state index is 0.0371. The number of nitrogens with one attached hydrogen (secondary N) is 2. The molecule has 0 aliphatic heterocycles. The summed E-state index contributed by atoms with van der Waals surface area (Å²) >= 11 is 13.6. The Balaban J connectivity index is 1.50. The number of nitrogens with zero attached hydrogens (tertiary/aromatic N) is 1. The summed E-state index contributed by atoms with van der Waals surface area (Å²) in [4.78, 5) is 29.6. The second kappa shape index (κ2) is 8.69. The molecular weight excluding hydrogens is 429 g/mol. The first-order valence-corrected chi connectivity index (χ1v) is 11.1. The van der Waals surface area contributed by atoms with Crippen LogP contribution in [0.5, 0.6) is 0 Å². The summed E-state index contributed by atoms with van der Waals surface area (Å²) in [5.41, 5.74) is 1.58. The van der Waals surface area contributed by atoms with E-state index in [1.165, 1.54) is 17.8 Å². The number of carbonyl (C=O) groups excluding carboxylic acids is 2. The molecule has 0 bridgehead atoms. The molecule has 0 atom stereocenters. The van der Waals surface area contributed by atoms with Gasteiger partial charge in [0, 0.05) is 11.5 Å². The quantitative estimate of drug-likeness (QED) is 0.487. The van der Waals surface area contributed by atoms with Crippen molar-refractivity contribution in [3.05, 3.63) is 52.0 Å². The zero-order chi connectivity index (χ0) is 20.4. The molecule has 0 radical (unpaired) electrons. The Morgan fingerprint density at radius 2 is 1.72 bits per heavy atom. The van der Waals surface area contributed by atoms with Gasteiger partial charge in [-0.25, -0.2) is 4.98 Å². The number of aromatic nitrogens is 1. The fraction of sp³-hybridized carbons (Fsp3) is 0.286. The maximum Gasteiger partial charge on any atom is 0.255 e. The molecule has 0 spiro atoms. The number of hydrogen-bond donors (Lipinski definition) is 2. The Morgan fingerprint density at radius 3 is 2.45 bits per heavy atom. The van der Waals surface area contributed by atoms with Gasteiger partial charge in [0.1, 0.15) is 0 Å². The van der Waals surface area contributed by atoms with Crippen LogP contribution in [-0.4, -0.2) is 16.8 Å². The number of halogens is 2. The first kappa shape index (κ1) is 20.1. The SMILES string of the molecule is O=C(Nc1c(Cl)cccc1Cl)c1ccc2nc(NC(=O)C3CCCCC3)sc2c1. The average Bonchev–Trinajstić information content (AvgIpc) is 3.12. The van der Waals surface area contributed by atoms with Gasteiger partial charge in [0.25, 0.3) is 5.91 Å². The number of anilines is 2. The second-order valence-corrected chi connectivity index (χ2v) is 8.92. The summed E-state index contributed by atoms with van der Waals surface area (Å²) in [6, 6.07) is 10.3. The molecule has 8 heteroatoms. The molecule has 1 aliphatic rings. The lowest BCUT2D eigenvalue weighted by Gasteiger charge is -2.19. The van der Waals surface area contributed by atoms with Crippen LogP contribution in [0.25, 0.3) is 10.2 Å². The van der Waals surface area contributed by atoms with Gasteiger partial charge in [0.15, 0.2) is 5.13 Å². The lowest BCUT2D eigenvalue weighted by atomic mass is 9.89. The van der Waals surface area contributed by atoms with Gasteiger partial charge >= 0.3 is 0 Å². The Kier molecular flexibility index (Phi) is 6.04. The molecule has 29 heavy (non-hydrogen) atoms. The topological polar surface area (TPSA) is 71.1 Å². The van der Waals surface area contributed by atoms with Crippen molar-refractivity contribution in [3.63, 3.8) is 0 Å². The predicted molar refractivity (Wildman–Crippen MR) is 119 cm³/mol. The highest BCUT2D eigenvalue weighted by Crippen LogP contribution is 2.32. The fourth-order valence-electron chi connectivity index (χ4n) is 3.49. The molecule has 5 nitrogen and oxygen atoms in total. The standard InChI is InChI=1S/C21H19Cl2N3O2S/c22-14-7-4-8-15(23)18(14)25-20(28)13-9-10-16-17(11-13)29-21(24-16)26-19(27)12-5-2-1-3-6-12/h4,7-12H,1-3,5-6H2,(H,25,28)(H,24,26,27). The van der Waals surface area contributed by atoms with E-state index in [2.05, 4.69) is 15.6 Å². The number of amides is 2. The molecule has 150 valence electrons. The largest absolute Gasteiger partial charge is 0.319 e. The van der Waals surface area contributed by atoms with Crippen molar-refractivity contribution >= 4 is 67.4 Å². The Bertz CT molecular complexity index is 1060. The first-order chi connectivity index (χ1) is 14.0. The lowest BCUT2D eigenvalue weighted by molar-refractivity contribution is -0.120. The Morgan fingerprint density at radius 1 is 1.00 bits per heavy atom. The Labute approximate surface area is 182 Å². The summed E-state index contributed by atoms with van der Waals surface area (Å²) in [5, 5.41) is 6.99. The van der Waals surface area contributed by atoms with Crippen LogP contribution in [0.4, 0.5) is 10.8 Å². The van der Waals surface area contributed by atoms with E-state index >= 15 is 0 Å². The average molecular weight is 448 g/mol. The van der Waals surface area contributed by atoms with Crippen molar-refractivity contribution in [2.45, 2.75) is 32.1 Å². The number of carbonyl (C=O) groups is 2. The van der Waals surface area contributed by atoms with Crippen molar-refractivity contribution in [2.24, 2.45) is 5.92 Å². The number of thiazole rings is 1. The van der Waals surface area contributed by atoms with Crippen LogP contribution in [-0.2, 0) is 4.79 Å². The summed E-state index contributed by atoms with van der Waals surface area (Å²) in [5.74, 6) is -0.212. The van der Waals surface area contributed by atoms with Gasteiger partial charge in [0.05, 0.1) is 25.9 Å². The molecule has 1 aliphatic carbocycles. The van der Waals surface area contributed by atoms with Gasteiger partial charge in [-0.2, -0.15) is 0 Å². The number of rotatable bonds is 4. The molecule has 2 amide bonds. The molecule has 1 heterocycles. The van der Waals surface area contributed by atoms with Gasteiger partial charge in [-0.15, -0.1) is 0 Å². The third-order valence-electron chi connectivity index (χ3n) is 5.06. The van der Waals surface area contributed by atoms with Crippen molar-refractivity contribution in [1.82, 2.24) is 4.98 Å². The Hall–Kier alpha value is -2.15. The molecular formula is C21H19Cl2N3O2S. The van der Waals surface area contributed by atoms with Crippen LogP contribution in [0.2, 0.25) is 10.0 Å². The summed E-state index contributed by atoms with van der Waals surface area (Å²) < 4.78 is 0.821. The maximum atomic E-state index is 12.6. The van der Waals surface area contributed by atoms with Crippen LogP contribution in [0.1, 0.15) is 42.5 Å². The lowest BCUT2D eigenvalue weighted by Crippen LogP contribution is -2.24. The molecule has 3 aromatic rings. The fourth-order valence-corrected chi connectivity index (χ4v) is 4.89. The van der Waals surface area contributed by atoms with Crippen molar-refractivity contribution in [2.75, 3.05) is 10.6 Å².